The van der Waals surface area contributed by atoms with Gasteiger partial charge in [-0.3, -0.25) is 19.3 Å². The van der Waals surface area contributed by atoms with E-state index in [1.54, 1.807) is 19.2 Å². The van der Waals surface area contributed by atoms with Gasteiger partial charge in [0, 0.05) is 24.8 Å². The minimum atomic E-state index is -0.314. The molecule has 3 rings (SSSR count). The summed E-state index contributed by atoms with van der Waals surface area (Å²) >= 11 is 0. The average Bonchev–Trinajstić information content (AvgIpc) is 2.89. The van der Waals surface area contributed by atoms with Gasteiger partial charge >= 0.3 is 0 Å². The number of rotatable bonds is 5. The molecule has 0 radical (unpaired) electrons. The van der Waals surface area contributed by atoms with Crippen LogP contribution in [0.2, 0.25) is 0 Å². The molecule has 0 fully saturated rings. The molecular formula is C20H20N2O3. The fourth-order valence-electron chi connectivity index (χ4n) is 2.91. The fourth-order valence-corrected chi connectivity index (χ4v) is 2.91. The summed E-state index contributed by atoms with van der Waals surface area (Å²) in [6.45, 7) is 2.42. The standard InChI is InChI=1S/C20H20N2O3/c1-3-4-12-22-19(24)16-11-10-14(13-17(16)20(22)25)18(23)21(2)15-8-6-5-7-9-15/h5-11,13H,3-4,12H2,1-2H3. The van der Waals surface area contributed by atoms with Crippen LogP contribution in [0.5, 0.6) is 0 Å². The monoisotopic (exact) mass is 336 g/mol. The SMILES string of the molecule is CCCCN1C(=O)c2ccc(C(=O)N(C)c3ccccc3)cc2C1=O. The molecule has 25 heavy (non-hydrogen) atoms. The summed E-state index contributed by atoms with van der Waals surface area (Å²) in [5.41, 5.74) is 1.84. The molecule has 2 aromatic rings. The number of para-hydroxylation sites is 1. The molecule has 5 heteroatoms. The number of carbonyl (C=O) groups is 3. The number of unbranched alkanes of at least 4 members (excludes halogenated alkanes) is 1. The highest BCUT2D eigenvalue weighted by molar-refractivity contribution is 6.22. The van der Waals surface area contributed by atoms with Crippen molar-refractivity contribution in [2.45, 2.75) is 19.8 Å². The second kappa shape index (κ2) is 6.89. The van der Waals surface area contributed by atoms with Crippen molar-refractivity contribution in [1.29, 1.82) is 0 Å². The molecular weight excluding hydrogens is 316 g/mol. The van der Waals surface area contributed by atoms with Gasteiger partial charge in [-0.05, 0) is 36.8 Å². The van der Waals surface area contributed by atoms with E-state index in [4.69, 9.17) is 0 Å². The van der Waals surface area contributed by atoms with Gasteiger partial charge in [-0.1, -0.05) is 31.5 Å². The molecule has 1 heterocycles. The highest BCUT2D eigenvalue weighted by atomic mass is 16.2. The summed E-state index contributed by atoms with van der Waals surface area (Å²) in [7, 11) is 1.69. The zero-order valence-electron chi connectivity index (χ0n) is 14.4. The zero-order valence-corrected chi connectivity index (χ0v) is 14.4. The first-order valence-corrected chi connectivity index (χ1v) is 8.38. The Kier molecular flexibility index (Phi) is 4.65. The lowest BCUT2D eigenvalue weighted by molar-refractivity contribution is 0.0652. The molecule has 0 spiro atoms. The molecule has 3 amide bonds. The second-order valence-electron chi connectivity index (χ2n) is 6.08. The van der Waals surface area contributed by atoms with Crippen molar-refractivity contribution in [3.63, 3.8) is 0 Å². The van der Waals surface area contributed by atoms with E-state index in [9.17, 15) is 14.4 Å². The largest absolute Gasteiger partial charge is 0.311 e. The normalized spacial score (nSPS) is 13.1. The van der Waals surface area contributed by atoms with Crippen LogP contribution >= 0.6 is 0 Å². The maximum absolute atomic E-state index is 12.7. The molecule has 128 valence electrons. The van der Waals surface area contributed by atoms with Crippen LogP contribution in [0.1, 0.15) is 50.8 Å². The Morgan fingerprint density at radius 2 is 1.68 bits per heavy atom. The lowest BCUT2D eigenvalue weighted by Gasteiger charge is -2.17. The molecule has 1 aliphatic rings. The predicted molar refractivity (Wildman–Crippen MR) is 95.9 cm³/mol. The lowest BCUT2D eigenvalue weighted by Crippen LogP contribution is -2.30. The number of hydrogen-bond donors (Lipinski definition) is 0. The molecule has 0 bridgehead atoms. The number of hydrogen-bond acceptors (Lipinski definition) is 3. The van der Waals surface area contributed by atoms with Crippen molar-refractivity contribution in [1.82, 2.24) is 4.90 Å². The van der Waals surface area contributed by atoms with E-state index in [1.165, 1.54) is 15.9 Å². The average molecular weight is 336 g/mol. The number of amides is 3. The predicted octanol–water partition coefficient (Wildman–Crippen LogP) is 3.36. The first-order valence-electron chi connectivity index (χ1n) is 8.38. The molecule has 5 nitrogen and oxygen atoms in total. The molecule has 0 saturated carbocycles. The molecule has 0 unspecified atom stereocenters. The Bertz CT molecular complexity index is 830. The van der Waals surface area contributed by atoms with E-state index in [1.807, 2.05) is 37.3 Å². The van der Waals surface area contributed by atoms with Crippen LogP contribution in [0.4, 0.5) is 5.69 Å². The quantitative estimate of drug-likeness (QED) is 0.787. The summed E-state index contributed by atoms with van der Waals surface area (Å²) in [6.07, 6.45) is 1.67. The Labute approximate surface area is 146 Å². The van der Waals surface area contributed by atoms with Gasteiger partial charge in [0.15, 0.2) is 0 Å². The van der Waals surface area contributed by atoms with Crippen LogP contribution < -0.4 is 4.90 Å². The Hall–Kier alpha value is -2.95. The van der Waals surface area contributed by atoms with Crippen LogP contribution in [-0.4, -0.2) is 36.2 Å². The van der Waals surface area contributed by atoms with Gasteiger partial charge in [-0.2, -0.15) is 0 Å². The van der Waals surface area contributed by atoms with Gasteiger partial charge in [0.25, 0.3) is 17.7 Å². The Morgan fingerprint density at radius 3 is 2.36 bits per heavy atom. The van der Waals surface area contributed by atoms with Crippen LogP contribution in [0.15, 0.2) is 48.5 Å². The number of carbonyl (C=O) groups excluding carboxylic acids is 3. The molecule has 0 aliphatic carbocycles. The summed E-state index contributed by atoms with van der Waals surface area (Å²) in [4.78, 5) is 40.4. The first-order chi connectivity index (χ1) is 12.0. The third kappa shape index (κ3) is 3.05. The van der Waals surface area contributed by atoms with Gasteiger partial charge in [-0.15, -0.1) is 0 Å². The minimum absolute atomic E-state index is 0.221. The van der Waals surface area contributed by atoms with Crippen molar-refractivity contribution in [3.05, 3.63) is 65.2 Å². The van der Waals surface area contributed by atoms with Gasteiger partial charge in [0.05, 0.1) is 11.1 Å². The van der Waals surface area contributed by atoms with E-state index in [0.717, 1.165) is 18.5 Å². The minimum Gasteiger partial charge on any atom is -0.311 e. The van der Waals surface area contributed by atoms with Gasteiger partial charge in [-0.25, -0.2) is 0 Å². The molecule has 0 aromatic heterocycles. The molecule has 0 saturated heterocycles. The summed E-state index contributed by atoms with van der Waals surface area (Å²) < 4.78 is 0. The Morgan fingerprint density at radius 1 is 1.00 bits per heavy atom. The second-order valence-corrected chi connectivity index (χ2v) is 6.08. The number of benzene rings is 2. The van der Waals surface area contributed by atoms with Crippen molar-refractivity contribution in [3.8, 4) is 0 Å². The van der Waals surface area contributed by atoms with Gasteiger partial charge in [0.1, 0.15) is 0 Å². The van der Waals surface area contributed by atoms with Crippen LogP contribution in [0.3, 0.4) is 0 Å². The maximum atomic E-state index is 12.7. The van der Waals surface area contributed by atoms with E-state index in [-0.39, 0.29) is 17.7 Å². The van der Waals surface area contributed by atoms with E-state index < -0.39 is 0 Å². The first kappa shape index (κ1) is 16.9. The van der Waals surface area contributed by atoms with Crippen LogP contribution in [0, 0.1) is 0 Å². The van der Waals surface area contributed by atoms with Crippen LogP contribution in [0.25, 0.3) is 0 Å². The van der Waals surface area contributed by atoms with Crippen LogP contribution in [-0.2, 0) is 0 Å². The van der Waals surface area contributed by atoms with Gasteiger partial charge < -0.3 is 4.90 Å². The molecule has 1 aliphatic heterocycles. The summed E-state index contributed by atoms with van der Waals surface area (Å²) in [6, 6.07) is 14.0. The topological polar surface area (TPSA) is 57.7 Å². The number of fused-ring (bicyclic) bond motifs is 1. The molecule has 2 aromatic carbocycles. The fraction of sp³-hybridized carbons (Fsp3) is 0.250. The van der Waals surface area contributed by atoms with E-state index >= 15 is 0 Å². The maximum Gasteiger partial charge on any atom is 0.261 e. The zero-order chi connectivity index (χ0) is 18.0. The number of imide groups is 1. The highest BCUT2D eigenvalue weighted by Crippen LogP contribution is 2.25. The lowest BCUT2D eigenvalue weighted by atomic mass is 10.0. The van der Waals surface area contributed by atoms with E-state index in [0.29, 0.717) is 23.2 Å². The van der Waals surface area contributed by atoms with E-state index in [2.05, 4.69) is 0 Å². The number of nitrogens with zero attached hydrogens (tertiary/aromatic N) is 2. The Balaban J connectivity index is 1.88. The molecule has 0 atom stereocenters. The van der Waals surface area contributed by atoms with Crippen molar-refractivity contribution < 1.29 is 14.4 Å². The third-order valence-electron chi connectivity index (χ3n) is 4.40. The molecule has 0 N–H and O–H groups in total. The number of anilines is 1. The summed E-state index contributed by atoms with van der Waals surface area (Å²) in [5, 5.41) is 0. The van der Waals surface area contributed by atoms with Crippen molar-refractivity contribution in [2.24, 2.45) is 0 Å². The van der Waals surface area contributed by atoms with Gasteiger partial charge in [0.2, 0.25) is 0 Å². The smallest absolute Gasteiger partial charge is 0.261 e. The van der Waals surface area contributed by atoms with Crippen molar-refractivity contribution in [2.75, 3.05) is 18.5 Å². The highest BCUT2D eigenvalue weighted by Gasteiger charge is 2.35. The summed E-state index contributed by atoms with van der Waals surface area (Å²) in [5.74, 6) is -0.810. The van der Waals surface area contributed by atoms with Crippen molar-refractivity contribution >= 4 is 23.4 Å². The third-order valence-corrected chi connectivity index (χ3v) is 4.40.